The molecule has 2 fully saturated rings. The molecule has 1 saturated carbocycles. The predicted molar refractivity (Wildman–Crippen MR) is 199 cm³/mol. The van der Waals surface area contributed by atoms with Crippen molar-refractivity contribution < 1.29 is 24.3 Å². The highest BCUT2D eigenvalue weighted by atomic mass is 16.3. The highest BCUT2D eigenvalue weighted by Gasteiger charge is 2.45. The molecule has 3 aliphatic rings. The molecule has 6 rings (SSSR count). The Morgan fingerprint density at radius 1 is 0.981 bits per heavy atom. The molecule has 2 unspecified atom stereocenters. The van der Waals surface area contributed by atoms with Gasteiger partial charge in [-0.2, -0.15) is 9.61 Å². The van der Waals surface area contributed by atoms with Crippen LogP contribution >= 0.6 is 0 Å². The van der Waals surface area contributed by atoms with Crippen molar-refractivity contribution in [3.05, 3.63) is 53.3 Å². The smallest absolute Gasteiger partial charge is 0.257 e. The van der Waals surface area contributed by atoms with E-state index in [1.54, 1.807) is 18.3 Å². The number of rotatable bonds is 18. The summed E-state index contributed by atoms with van der Waals surface area (Å²) < 4.78 is 1.88. The van der Waals surface area contributed by atoms with Gasteiger partial charge in [0, 0.05) is 72.0 Å². The number of amides is 4. The maximum absolute atomic E-state index is 13.1. The zero-order chi connectivity index (χ0) is 36.6. The maximum atomic E-state index is 13.1. The third kappa shape index (κ3) is 8.57. The lowest BCUT2D eigenvalue weighted by Gasteiger charge is -2.32. The first-order valence-electron chi connectivity index (χ1n) is 19.4. The topological polar surface area (TPSA) is 170 Å². The molecule has 1 saturated heterocycles. The van der Waals surface area contributed by atoms with Gasteiger partial charge in [0.1, 0.15) is 11.9 Å². The van der Waals surface area contributed by atoms with Gasteiger partial charge in [0.15, 0.2) is 11.9 Å². The number of aromatic nitrogens is 3. The molecule has 0 radical (unpaired) electrons. The Kier molecular flexibility index (Phi) is 12.4. The largest absolute Gasteiger partial charge is 0.385 e. The Morgan fingerprint density at radius 3 is 2.50 bits per heavy atom. The Bertz CT molecular complexity index is 1740. The van der Waals surface area contributed by atoms with Crippen LogP contribution in [0.5, 0.6) is 0 Å². The van der Waals surface area contributed by atoms with Crippen molar-refractivity contribution in [2.45, 2.75) is 140 Å². The zero-order valence-corrected chi connectivity index (χ0v) is 30.5. The van der Waals surface area contributed by atoms with Crippen molar-refractivity contribution in [3.63, 3.8) is 0 Å². The normalized spacial score (nSPS) is 21.5. The average Bonchev–Trinajstić information content (AvgIpc) is 3.85. The summed E-state index contributed by atoms with van der Waals surface area (Å²) in [5.41, 5.74) is 3.52. The Hall–Kier alpha value is -4.52. The number of nitrogens with one attached hydrogen (secondary N) is 4. The van der Waals surface area contributed by atoms with Crippen LogP contribution in [0.2, 0.25) is 0 Å². The number of anilines is 2. The highest BCUT2D eigenvalue weighted by molar-refractivity contribution is 6.06. The molecule has 1 aliphatic carbocycles. The molecule has 1 aromatic carbocycles. The molecule has 13 nitrogen and oxygen atoms in total. The third-order valence-corrected chi connectivity index (χ3v) is 11.0. The van der Waals surface area contributed by atoms with Gasteiger partial charge in [-0.3, -0.25) is 29.4 Å². The summed E-state index contributed by atoms with van der Waals surface area (Å²) in [4.78, 5) is 55.8. The van der Waals surface area contributed by atoms with E-state index < -0.39 is 24.1 Å². The summed E-state index contributed by atoms with van der Waals surface area (Å²) in [6, 6.07) is 8.97. The first-order valence-corrected chi connectivity index (χ1v) is 19.4. The standard InChI is InChI=1S/C39H54N8O5/c1-3-25(4-2)30-24-33(47-32(44-30)20-22-41-47)42-26-16-17-27(23-26)43-34(48)15-10-8-6-5-7-9-11-21-40-29-14-12-13-28-36(29)39(52)46(38(28)51)31-18-19-35(49)45-37(31)50/h12-14,20,22,24-27,31,39-40,42,52H,3-11,15-19,21,23H2,1-2H3,(H,43,48)(H,45,49,50)/t26-,27-,31?,39?/m0/s1. The zero-order valence-electron chi connectivity index (χ0n) is 30.5. The number of imide groups is 1. The molecular weight excluding hydrogens is 660 g/mol. The number of benzene rings is 1. The fraction of sp³-hybridized carbons (Fsp3) is 0.590. The molecule has 4 heterocycles. The number of unbranched alkanes of at least 4 members (excludes halogenated alkanes) is 6. The van der Waals surface area contributed by atoms with Crippen LogP contribution in [-0.4, -0.2) is 72.9 Å². The summed E-state index contributed by atoms with van der Waals surface area (Å²) in [6.07, 6.45) is 13.6. The van der Waals surface area contributed by atoms with Gasteiger partial charge in [-0.25, -0.2) is 4.98 Å². The molecule has 4 atom stereocenters. The minimum Gasteiger partial charge on any atom is -0.385 e. The van der Waals surface area contributed by atoms with Gasteiger partial charge in [-0.05, 0) is 63.5 Å². The van der Waals surface area contributed by atoms with Crippen LogP contribution in [0.15, 0.2) is 36.5 Å². The summed E-state index contributed by atoms with van der Waals surface area (Å²) in [5, 5.41) is 28.2. The first-order chi connectivity index (χ1) is 25.3. The number of carbonyl (C=O) groups excluding carboxylic acids is 4. The number of carbonyl (C=O) groups is 4. The lowest BCUT2D eigenvalue weighted by Crippen LogP contribution is -2.53. The van der Waals surface area contributed by atoms with E-state index in [0.29, 0.717) is 35.7 Å². The molecule has 5 N–H and O–H groups in total. The Balaban J connectivity index is 0.836. The quantitative estimate of drug-likeness (QED) is 0.0836. The number of nitrogens with zero attached hydrogens (tertiary/aromatic N) is 4. The van der Waals surface area contributed by atoms with E-state index in [4.69, 9.17) is 4.98 Å². The SMILES string of the molecule is CCC(CC)c1cc(N[C@H]2CC[C@H](NC(=O)CCCCCCCCCNc3cccc4c3C(O)N(C3CCC(=O)NC3=O)C4=O)C2)n2nccc2n1. The highest BCUT2D eigenvalue weighted by Crippen LogP contribution is 2.39. The van der Waals surface area contributed by atoms with Crippen molar-refractivity contribution >= 4 is 40.8 Å². The maximum Gasteiger partial charge on any atom is 0.257 e. The van der Waals surface area contributed by atoms with Crippen LogP contribution in [0.25, 0.3) is 5.65 Å². The van der Waals surface area contributed by atoms with E-state index >= 15 is 0 Å². The molecule has 4 amide bonds. The Labute approximate surface area is 305 Å². The molecular formula is C39H54N8O5. The summed E-state index contributed by atoms with van der Waals surface area (Å²) >= 11 is 0. The van der Waals surface area contributed by atoms with Crippen molar-refractivity contribution in [1.29, 1.82) is 0 Å². The minimum absolute atomic E-state index is 0.132. The summed E-state index contributed by atoms with van der Waals surface area (Å²) in [6.45, 7) is 5.11. The monoisotopic (exact) mass is 714 g/mol. The molecule has 2 aliphatic heterocycles. The fourth-order valence-electron chi connectivity index (χ4n) is 8.05. The lowest BCUT2D eigenvalue weighted by molar-refractivity contribution is -0.139. The first kappa shape index (κ1) is 37.2. The number of hydrogen-bond acceptors (Lipinski definition) is 9. The summed E-state index contributed by atoms with van der Waals surface area (Å²) in [5.74, 6) is 0.229. The van der Waals surface area contributed by atoms with Crippen molar-refractivity contribution in [2.24, 2.45) is 0 Å². The van der Waals surface area contributed by atoms with E-state index in [9.17, 15) is 24.3 Å². The van der Waals surface area contributed by atoms with Crippen LogP contribution in [0, 0.1) is 0 Å². The summed E-state index contributed by atoms with van der Waals surface area (Å²) in [7, 11) is 0. The van der Waals surface area contributed by atoms with Crippen LogP contribution in [0.4, 0.5) is 11.5 Å². The minimum atomic E-state index is -1.25. The van der Waals surface area contributed by atoms with Crippen LogP contribution in [0.1, 0.15) is 144 Å². The van der Waals surface area contributed by atoms with Crippen LogP contribution < -0.4 is 21.3 Å². The van der Waals surface area contributed by atoms with Gasteiger partial charge >= 0.3 is 0 Å². The molecule has 0 bridgehead atoms. The van der Waals surface area contributed by atoms with Gasteiger partial charge in [-0.1, -0.05) is 52.0 Å². The Morgan fingerprint density at radius 2 is 1.73 bits per heavy atom. The second kappa shape index (κ2) is 17.3. The predicted octanol–water partition coefficient (Wildman–Crippen LogP) is 5.57. The number of piperidine rings is 1. The van der Waals surface area contributed by atoms with Crippen molar-refractivity contribution in [3.8, 4) is 0 Å². The van der Waals surface area contributed by atoms with Gasteiger partial charge < -0.3 is 21.1 Å². The van der Waals surface area contributed by atoms with Crippen LogP contribution in [0.3, 0.4) is 0 Å². The lowest BCUT2D eigenvalue weighted by atomic mass is 9.99. The molecule has 13 heteroatoms. The number of aliphatic hydroxyl groups excluding tert-OH is 1. The second-order valence-corrected chi connectivity index (χ2v) is 14.6. The molecule has 0 spiro atoms. The van der Waals surface area contributed by atoms with Crippen molar-refractivity contribution in [2.75, 3.05) is 17.2 Å². The number of fused-ring (bicyclic) bond motifs is 2. The van der Waals surface area contributed by atoms with E-state index in [1.807, 2.05) is 16.6 Å². The van der Waals surface area contributed by atoms with Crippen LogP contribution in [-0.2, 0) is 14.4 Å². The van der Waals surface area contributed by atoms with Gasteiger partial charge in [0.25, 0.3) is 5.91 Å². The fourth-order valence-corrected chi connectivity index (χ4v) is 8.05. The number of hydrogen-bond donors (Lipinski definition) is 5. The van der Waals surface area contributed by atoms with E-state index in [0.717, 1.165) is 94.2 Å². The molecule has 52 heavy (non-hydrogen) atoms. The second-order valence-electron chi connectivity index (χ2n) is 14.6. The van der Waals surface area contributed by atoms with E-state index in [2.05, 4.69) is 46.3 Å². The number of aliphatic hydroxyl groups is 1. The van der Waals surface area contributed by atoms with Gasteiger partial charge in [-0.15, -0.1) is 0 Å². The van der Waals surface area contributed by atoms with Crippen molar-refractivity contribution in [1.82, 2.24) is 30.1 Å². The van der Waals surface area contributed by atoms with E-state index in [1.165, 1.54) is 4.90 Å². The van der Waals surface area contributed by atoms with Gasteiger partial charge in [0.05, 0.1) is 6.20 Å². The molecule has 3 aromatic rings. The van der Waals surface area contributed by atoms with E-state index in [-0.39, 0.29) is 36.7 Å². The average molecular weight is 715 g/mol. The van der Waals surface area contributed by atoms with Gasteiger partial charge in [0.2, 0.25) is 17.7 Å². The molecule has 2 aromatic heterocycles. The third-order valence-electron chi connectivity index (χ3n) is 11.0. The molecule has 280 valence electrons.